The highest BCUT2D eigenvalue weighted by Crippen LogP contribution is 2.31. The first kappa shape index (κ1) is 18.2. The van der Waals surface area contributed by atoms with Crippen molar-refractivity contribution in [3.63, 3.8) is 0 Å². The normalized spacial score (nSPS) is 25.9. The van der Waals surface area contributed by atoms with E-state index in [1.165, 1.54) is 5.56 Å². The molecular formula is C20H29NO4. The maximum Gasteiger partial charge on any atom is 0.332 e. The van der Waals surface area contributed by atoms with Gasteiger partial charge in [-0.15, -0.1) is 0 Å². The number of likely N-dealkylation sites (tertiary alicyclic amines) is 1. The SMILES string of the molecule is CC(C)N1CCC(Oc2ccc(C3CCOC(C(=O)O)C3)cc2)CC1. The summed E-state index contributed by atoms with van der Waals surface area (Å²) in [6, 6.07) is 8.81. The van der Waals surface area contributed by atoms with Crippen molar-refractivity contribution in [2.24, 2.45) is 0 Å². The van der Waals surface area contributed by atoms with Crippen molar-refractivity contribution in [1.29, 1.82) is 0 Å². The van der Waals surface area contributed by atoms with E-state index in [2.05, 4.69) is 30.9 Å². The van der Waals surface area contributed by atoms with Gasteiger partial charge < -0.3 is 19.5 Å². The Bertz CT molecular complexity index is 564. The van der Waals surface area contributed by atoms with Crippen LogP contribution in [0, 0.1) is 0 Å². The summed E-state index contributed by atoms with van der Waals surface area (Å²) in [4.78, 5) is 13.6. The molecule has 2 aliphatic rings. The van der Waals surface area contributed by atoms with Crippen LogP contribution < -0.4 is 4.74 Å². The molecule has 0 spiro atoms. The average Bonchev–Trinajstić information content (AvgIpc) is 2.63. The first-order chi connectivity index (χ1) is 12.0. The second-order valence-corrected chi connectivity index (χ2v) is 7.43. The summed E-state index contributed by atoms with van der Waals surface area (Å²) >= 11 is 0. The van der Waals surface area contributed by atoms with Crippen LogP contribution in [0.25, 0.3) is 0 Å². The van der Waals surface area contributed by atoms with Crippen molar-refractivity contribution in [3.8, 4) is 5.75 Å². The van der Waals surface area contributed by atoms with Crippen molar-refractivity contribution in [2.45, 2.75) is 63.7 Å². The molecule has 5 heteroatoms. The van der Waals surface area contributed by atoms with Crippen molar-refractivity contribution in [1.82, 2.24) is 4.90 Å². The predicted octanol–water partition coefficient (Wildman–Crippen LogP) is 3.29. The van der Waals surface area contributed by atoms with Gasteiger partial charge in [0.15, 0.2) is 6.10 Å². The summed E-state index contributed by atoms with van der Waals surface area (Å²) < 4.78 is 11.5. The van der Waals surface area contributed by atoms with E-state index in [1.54, 1.807) is 0 Å². The monoisotopic (exact) mass is 347 g/mol. The van der Waals surface area contributed by atoms with E-state index in [0.29, 0.717) is 25.2 Å². The lowest BCUT2D eigenvalue weighted by Gasteiger charge is -2.34. The molecule has 1 N–H and O–H groups in total. The number of hydrogen-bond acceptors (Lipinski definition) is 4. The molecule has 2 saturated heterocycles. The number of nitrogens with zero attached hydrogens (tertiary/aromatic N) is 1. The second kappa shape index (κ2) is 8.19. The molecule has 1 aromatic rings. The summed E-state index contributed by atoms with van der Waals surface area (Å²) in [5.74, 6) is 0.296. The lowest BCUT2D eigenvalue weighted by Crippen LogP contribution is -2.41. The Morgan fingerprint density at radius 3 is 2.48 bits per heavy atom. The molecule has 0 amide bonds. The van der Waals surface area contributed by atoms with Crippen LogP contribution in [0.5, 0.6) is 5.75 Å². The molecule has 2 heterocycles. The molecule has 2 aliphatic heterocycles. The van der Waals surface area contributed by atoms with Gasteiger partial charge in [-0.3, -0.25) is 0 Å². The standard InChI is InChI=1S/C20H29NO4/c1-14(2)21-10-7-18(8-11-21)25-17-5-3-15(4-6-17)16-9-12-24-19(13-16)20(22)23/h3-6,14,16,18-19H,7-13H2,1-2H3,(H,22,23). The Morgan fingerprint density at radius 1 is 1.20 bits per heavy atom. The summed E-state index contributed by atoms with van der Waals surface area (Å²) in [6.07, 6.45) is 3.17. The van der Waals surface area contributed by atoms with Crippen molar-refractivity contribution in [3.05, 3.63) is 29.8 Å². The summed E-state index contributed by atoms with van der Waals surface area (Å²) in [5, 5.41) is 9.13. The van der Waals surface area contributed by atoms with Crippen LogP contribution in [0.15, 0.2) is 24.3 Å². The number of hydrogen-bond donors (Lipinski definition) is 1. The fourth-order valence-electron chi connectivity index (χ4n) is 3.79. The van der Waals surface area contributed by atoms with E-state index in [9.17, 15) is 4.79 Å². The van der Waals surface area contributed by atoms with Gasteiger partial charge in [-0.25, -0.2) is 4.79 Å². The lowest BCUT2D eigenvalue weighted by molar-refractivity contribution is -0.153. The van der Waals surface area contributed by atoms with Crippen LogP contribution in [0.2, 0.25) is 0 Å². The average molecular weight is 347 g/mol. The highest BCUT2D eigenvalue weighted by molar-refractivity contribution is 5.72. The van der Waals surface area contributed by atoms with Crippen molar-refractivity contribution < 1.29 is 19.4 Å². The van der Waals surface area contributed by atoms with Gasteiger partial charge in [0.25, 0.3) is 0 Å². The molecule has 25 heavy (non-hydrogen) atoms. The molecule has 0 aliphatic carbocycles. The van der Waals surface area contributed by atoms with E-state index in [1.807, 2.05) is 12.1 Å². The minimum Gasteiger partial charge on any atom is -0.490 e. The highest BCUT2D eigenvalue weighted by Gasteiger charge is 2.28. The zero-order chi connectivity index (χ0) is 17.8. The number of aliphatic carboxylic acids is 1. The van der Waals surface area contributed by atoms with Gasteiger partial charge in [-0.1, -0.05) is 12.1 Å². The molecule has 2 unspecified atom stereocenters. The number of carboxylic acids is 1. The number of carboxylic acid groups (broad SMARTS) is 1. The first-order valence-corrected chi connectivity index (χ1v) is 9.38. The van der Waals surface area contributed by atoms with E-state index in [0.717, 1.165) is 38.1 Å². The molecule has 2 fully saturated rings. The Morgan fingerprint density at radius 2 is 1.88 bits per heavy atom. The third-order valence-corrected chi connectivity index (χ3v) is 5.42. The third kappa shape index (κ3) is 4.73. The quantitative estimate of drug-likeness (QED) is 0.886. The lowest BCUT2D eigenvalue weighted by atomic mass is 9.88. The number of rotatable bonds is 5. The van der Waals surface area contributed by atoms with Gasteiger partial charge in [-0.2, -0.15) is 0 Å². The largest absolute Gasteiger partial charge is 0.490 e. The molecule has 0 bridgehead atoms. The summed E-state index contributed by atoms with van der Waals surface area (Å²) in [6.45, 7) is 7.18. The van der Waals surface area contributed by atoms with E-state index < -0.39 is 12.1 Å². The van der Waals surface area contributed by atoms with Crippen molar-refractivity contribution in [2.75, 3.05) is 19.7 Å². The zero-order valence-corrected chi connectivity index (χ0v) is 15.2. The predicted molar refractivity (Wildman–Crippen MR) is 96.2 cm³/mol. The van der Waals surface area contributed by atoms with Crippen LogP contribution in [0.3, 0.4) is 0 Å². The number of benzene rings is 1. The van der Waals surface area contributed by atoms with E-state index >= 15 is 0 Å². The van der Waals surface area contributed by atoms with Gasteiger partial charge >= 0.3 is 5.97 Å². The molecule has 0 saturated carbocycles. The van der Waals surface area contributed by atoms with E-state index in [-0.39, 0.29) is 5.92 Å². The fraction of sp³-hybridized carbons (Fsp3) is 0.650. The Balaban J connectivity index is 1.53. The second-order valence-electron chi connectivity index (χ2n) is 7.43. The van der Waals surface area contributed by atoms with Gasteiger partial charge in [0.05, 0.1) is 0 Å². The molecule has 1 aromatic carbocycles. The molecular weight excluding hydrogens is 318 g/mol. The summed E-state index contributed by atoms with van der Waals surface area (Å²) in [7, 11) is 0. The molecule has 3 rings (SSSR count). The maximum atomic E-state index is 11.1. The highest BCUT2D eigenvalue weighted by atomic mass is 16.5. The smallest absolute Gasteiger partial charge is 0.332 e. The van der Waals surface area contributed by atoms with Gasteiger partial charge in [0.2, 0.25) is 0 Å². The molecule has 2 atom stereocenters. The van der Waals surface area contributed by atoms with Gasteiger partial charge in [0.1, 0.15) is 11.9 Å². The molecule has 0 radical (unpaired) electrons. The van der Waals surface area contributed by atoms with Crippen LogP contribution in [-0.4, -0.2) is 53.9 Å². The van der Waals surface area contributed by atoms with Crippen LogP contribution >= 0.6 is 0 Å². The van der Waals surface area contributed by atoms with Crippen LogP contribution in [0.1, 0.15) is 51.0 Å². The molecule has 5 nitrogen and oxygen atoms in total. The Hall–Kier alpha value is -1.59. The van der Waals surface area contributed by atoms with Crippen molar-refractivity contribution >= 4 is 5.97 Å². The summed E-state index contributed by atoms with van der Waals surface area (Å²) in [5.41, 5.74) is 1.18. The van der Waals surface area contributed by atoms with Crippen LogP contribution in [-0.2, 0) is 9.53 Å². The topological polar surface area (TPSA) is 59.0 Å². The van der Waals surface area contributed by atoms with Gasteiger partial charge in [0, 0.05) is 25.7 Å². The number of ether oxygens (including phenoxy) is 2. The number of carbonyl (C=O) groups is 1. The minimum absolute atomic E-state index is 0.248. The molecule has 0 aromatic heterocycles. The fourth-order valence-corrected chi connectivity index (χ4v) is 3.79. The Kier molecular flexibility index (Phi) is 5.97. The Labute approximate surface area is 149 Å². The molecule has 138 valence electrons. The van der Waals surface area contributed by atoms with Crippen LogP contribution in [0.4, 0.5) is 0 Å². The van der Waals surface area contributed by atoms with E-state index in [4.69, 9.17) is 14.6 Å². The van der Waals surface area contributed by atoms with Gasteiger partial charge in [-0.05, 0) is 63.1 Å². The maximum absolute atomic E-state index is 11.1. The minimum atomic E-state index is -0.864. The zero-order valence-electron chi connectivity index (χ0n) is 15.2. The number of piperidine rings is 1. The first-order valence-electron chi connectivity index (χ1n) is 9.38. The third-order valence-electron chi connectivity index (χ3n) is 5.42.